The van der Waals surface area contributed by atoms with Gasteiger partial charge in [0.1, 0.15) is 5.65 Å². The van der Waals surface area contributed by atoms with Gasteiger partial charge in [-0.3, -0.25) is 0 Å². The molecule has 0 aliphatic heterocycles. The number of hydrogen-bond acceptors (Lipinski definition) is 1. The van der Waals surface area contributed by atoms with Crippen molar-refractivity contribution in [3.63, 3.8) is 0 Å². The summed E-state index contributed by atoms with van der Waals surface area (Å²) in [7, 11) is 0. The van der Waals surface area contributed by atoms with Gasteiger partial charge in [0.2, 0.25) is 0 Å². The van der Waals surface area contributed by atoms with E-state index in [0.717, 1.165) is 11.3 Å². The lowest BCUT2D eigenvalue weighted by Gasteiger charge is -2.13. The van der Waals surface area contributed by atoms with Crippen LogP contribution in [-0.4, -0.2) is 9.38 Å². The fourth-order valence-electron chi connectivity index (χ4n) is 1.24. The molecule has 0 atom stereocenters. The highest BCUT2D eigenvalue weighted by molar-refractivity contribution is 5.40. The number of hydrogen-bond donors (Lipinski definition) is 0. The quantitative estimate of drug-likeness (QED) is 0.598. The topological polar surface area (TPSA) is 17.3 Å². The van der Waals surface area contributed by atoms with E-state index in [1.54, 1.807) is 0 Å². The Bertz CT molecular complexity index is 388. The molecule has 0 saturated heterocycles. The Balaban J connectivity index is 2.63. The lowest BCUT2D eigenvalue weighted by molar-refractivity contribution is 0.573. The lowest BCUT2D eigenvalue weighted by Crippen LogP contribution is -2.11. The van der Waals surface area contributed by atoms with Gasteiger partial charge in [-0.05, 0) is 18.2 Å². The van der Waals surface area contributed by atoms with E-state index in [2.05, 4.69) is 38.0 Å². The summed E-state index contributed by atoms with van der Waals surface area (Å²) in [6, 6.07) is 6.80. The van der Waals surface area contributed by atoms with Crippen LogP contribution < -0.4 is 0 Å². The van der Waals surface area contributed by atoms with Crippen LogP contribution in [0.15, 0.2) is 24.5 Å². The monoisotopic (exact) mass is 173 g/mol. The van der Waals surface area contributed by atoms with Crippen LogP contribution in [0.4, 0.5) is 0 Å². The van der Waals surface area contributed by atoms with E-state index in [1.165, 1.54) is 0 Å². The minimum absolute atomic E-state index is 0.117. The SMILES string of the molecule is CC(C)(C)c1cn2cc[c]cc2n1. The second-order valence-corrected chi connectivity index (χ2v) is 4.27. The molecule has 1 radical (unpaired) electrons. The summed E-state index contributed by atoms with van der Waals surface area (Å²) in [5, 5.41) is 0. The molecule has 0 fully saturated rings. The van der Waals surface area contributed by atoms with Crippen LogP contribution in [0.3, 0.4) is 0 Å². The summed E-state index contributed by atoms with van der Waals surface area (Å²) in [6.07, 6.45) is 4.04. The summed E-state index contributed by atoms with van der Waals surface area (Å²) in [6.45, 7) is 6.50. The summed E-state index contributed by atoms with van der Waals surface area (Å²) >= 11 is 0. The molecule has 2 heteroatoms. The average Bonchev–Trinajstić information content (AvgIpc) is 2.45. The first kappa shape index (κ1) is 8.30. The molecule has 2 heterocycles. The maximum atomic E-state index is 4.52. The van der Waals surface area contributed by atoms with E-state index in [-0.39, 0.29) is 5.41 Å². The summed E-state index contributed by atoms with van der Waals surface area (Å²) in [4.78, 5) is 4.52. The van der Waals surface area contributed by atoms with Crippen molar-refractivity contribution in [2.24, 2.45) is 0 Å². The van der Waals surface area contributed by atoms with Crippen LogP contribution in [0.2, 0.25) is 0 Å². The number of nitrogens with zero attached hydrogens (tertiary/aromatic N) is 2. The van der Waals surface area contributed by atoms with Gasteiger partial charge in [0.15, 0.2) is 0 Å². The molecule has 2 rings (SSSR count). The molecule has 2 aromatic rings. The van der Waals surface area contributed by atoms with Crippen molar-refractivity contribution in [3.8, 4) is 0 Å². The Morgan fingerprint density at radius 2 is 2.15 bits per heavy atom. The van der Waals surface area contributed by atoms with E-state index in [1.807, 2.05) is 22.7 Å². The van der Waals surface area contributed by atoms with Gasteiger partial charge in [0, 0.05) is 17.8 Å². The van der Waals surface area contributed by atoms with Gasteiger partial charge in [-0.2, -0.15) is 0 Å². The van der Waals surface area contributed by atoms with Gasteiger partial charge < -0.3 is 4.40 Å². The predicted octanol–water partition coefficient (Wildman–Crippen LogP) is 2.43. The minimum atomic E-state index is 0.117. The zero-order valence-corrected chi connectivity index (χ0v) is 8.20. The Kier molecular flexibility index (Phi) is 1.65. The van der Waals surface area contributed by atoms with Crippen molar-refractivity contribution in [2.75, 3.05) is 0 Å². The predicted molar refractivity (Wildman–Crippen MR) is 52.7 cm³/mol. The minimum Gasteiger partial charge on any atom is -0.307 e. The number of pyridine rings is 1. The zero-order valence-electron chi connectivity index (χ0n) is 8.20. The highest BCUT2D eigenvalue weighted by Crippen LogP contribution is 2.20. The maximum Gasteiger partial charge on any atom is 0.137 e. The van der Waals surface area contributed by atoms with Crippen LogP contribution in [0.25, 0.3) is 5.65 Å². The van der Waals surface area contributed by atoms with Crippen LogP contribution in [0, 0.1) is 6.07 Å². The van der Waals surface area contributed by atoms with Gasteiger partial charge in [0.25, 0.3) is 0 Å². The third-order valence-electron chi connectivity index (χ3n) is 2.07. The molecule has 2 nitrogen and oxygen atoms in total. The fourth-order valence-corrected chi connectivity index (χ4v) is 1.24. The molecule has 67 valence electrons. The summed E-state index contributed by atoms with van der Waals surface area (Å²) in [5.74, 6) is 0. The summed E-state index contributed by atoms with van der Waals surface area (Å²) in [5.41, 5.74) is 2.20. The maximum absolute atomic E-state index is 4.52. The Morgan fingerprint density at radius 1 is 1.38 bits per heavy atom. The van der Waals surface area contributed by atoms with Crippen molar-refractivity contribution < 1.29 is 0 Å². The molecule has 0 unspecified atom stereocenters. The second-order valence-electron chi connectivity index (χ2n) is 4.27. The van der Waals surface area contributed by atoms with Gasteiger partial charge in [-0.1, -0.05) is 20.8 Å². The van der Waals surface area contributed by atoms with Crippen molar-refractivity contribution in [1.82, 2.24) is 9.38 Å². The van der Waals surface area contributed by atoms with Gasteiger partial charge in [-0.25, -0.2) is 4.98 Å². The van der Waals surface area contributed by atoms with E-state index < -0.39 is 0 Å². The molecule has 0 spiro atoms. The highest BCUT2D eigenvalue weighted by atomic mass is 15.0. The molecule has 0 bridgehead atoms. The first-order valence-corrected chi connectivity index (χ1v) is 4.43. The first-order valence-electron chi connectivity index (χ1n) is 4.43. The van der Waals surface area contributed by atoms with Crippen LogP contribution in [0.1, 0.15) is 26.5 Å². The molecule has 13 heavy (non-hydrogen) atoms. The number of aromatic nitrogens is 2. The molecular formula is C11H13N2. The largest absolute Gasteiger partial charge is 0.307 e. The zero-order chi connectivity index (χ0) is 9.47. The van der Waals surface area contributed by atoms with Gasteiger partial charge in [0.05, 0.1) is 5.69 Å². The lowest BCUT2D eigenvalue weighted by atomic mass is 9.93. The second kappa shape index (κ2) is 2.59. The molecular weight excluding hydrogens is 160 g/mol. The molecule has 0 amide bonds. The van der Waals surface area contributed by atoms with Gasteiger partial charge >= 0.3 is 0 Å². The number of imidazole rings is 1. The first-order chi connectivity index (χ1) is 6.07. The van der Waals surface area contributed by atoms with Crippen molar-refractivity contribution >= 4 is 5.65 Å². The molecule has 2 aromatic heterocycles. The Labute approximate surface area is 78.2 Å². The van der Waals surface area contributed by atoms with E-state index in [9.17, 15) is 0 Å². The summed E-state index contributed by atoms with van der Waals surface area (Å²) < 4.78 is 2.02. The van der Waals surface area contributed by atoms with Crippen molar-refractivity contribution in [3.05, 3.63) is 36.3 Å². The van der Waals surface area contributed by atoms with E-state index >= 15 is 0 Å². The van der Waals surface area contributed by atoms with Crippen molar-refractivity contribution in [2.45, 2.75) is 26.2 Å². The van der Waals surface area contributed by atoms with Crippen molar-refractivity contribution in [1.29, 1.82) is 0 Å². The third-order valence-corrected chi connectivity index (χ3v) is 2.07. The Hall–Kier alpha value is -1.31. The smallest absolute Gasteiger partial charge is 0.137 e. The Morgan fingerprint density at radius 3 is 2.77 bits per heavy atom. The average molecular weight is 173 g/mol. The van der Waals surface area contributed by atoms with E-state index in [0.29, 0.717) is 0 Å². The molecule has 0 N–H and O–H groups in total. The number of rotatable bonds is 0. The fraction of sp³-hybridized carbons (Fsp3) is 0.364. The molecule has 0 aromatic carbocycles. The van der Waals surface area contributed by atoms with Crippen LogP contribution in [-0.2, 0) is 5.41 Å². The molecule has 0 aliphatic rings. The number of fused-ring (bicyclic) bond motifs is 1. The standard InChI is InChI=1S/C11H13N2/c1-11(2,3)9-8-13-7-5-4-6-10(13)12-9/h5-8H,1-3H3. The molecule has 0 aliphatic carbocycles. The van der Waals surface area contributed by atoms with E-state index in [4.69, 9.17) is 0 Å². The third kappa shape index (κ3) is 1.44. The van der Waals surface area contributed by atoms with Crippen LogP contribution in [0.5, 0.6) is 0 Å². The highest BCUT2D eigenvalue weighted by Gasteiger charge is 2.16. The van der Waals surface area contributed by atoms with Gasteiger partial charge in [-0.15, -0.1) is 0 Å². The molecule has 0 saturated carbocycles. The van der Waals surface area contributed by atoms with Crippen LogP contribution >= 0.6 is 0 Å². The normalized spacial score (nSPS) is 12.2.